The Kier molecular flexibility index (Phi) is 7.12. The van der Waals surface area contributed by atoms with Crippen LogP contribution in [-0.2, 0) is 11.3 Å². The molecule has 1 N–H and O–H groups in total. The van der Waals surface area contributed by atoms with Gasteiger partial charge in [0.1, 0.15) is 0 Å². The standard InChI is InChI=1S/C14H18N2O2Se/c1-11(2)13(8-15-10-19)16-14(17)18-9-12-6-4-3-5-7-12/h3-7,11,13H,8-9H2,1-2H3,(H,16,17). The van der Waals surface area contributed by atoms with E-state index >= 15 is 0 Å². The second-order valence-corrected chi connectivity index (χ2v) is 4.87. The van der Waals surface area contributed by atoms with Crippen molar-refractivity contribution in [3.63, 3.8) is 0 Å². The molecule has 0 saturated carbocycles. The van der Waals surface area contributed by atoms with Gasteiger partial charge in [0.15, 0.2) is 0 Å². The topological polar surface area (TPSA) is 50.7 Å². The minimum atomic E-state index is -0.419. The molecule has 1 atom stereocenters. The molecular weight excluding hydrogens is 307 g/mol. The molecular formula is C14H18N2O2Se. The molecule has 0 aliphatic rings. The van der Waals surface area contributed by atoms with Crippen LogP contribution in [0.25, 0.3) is 0 Å². The molecule has 0 aromatic heterocycles. The van der Waals surface area contributed by atoms with E-state index in [4.69, 9.17) is 4.74 Å². The molecule has 0 spiro atoms. The summed E-state index contributed by atoms with van der Waals surface area (Å²) in [6.07, 6.45) is -0.419. The first-order valence-electron chi connectivity index (χ1n) is 6.14. The number of benzene rings is 1. The van der Waals surface area contributed by atoms with Gasteiger partial charge in [-0.15, -0.1) is 0 Å². The minimum absolute atomic E-state index is 0.0517. The van der Waals surface area contributed by atoms with E-state index in [-0.39, 0.29) is 18.6 Å². The second-order valence-electron chi connectivity index (χ2n) is 4.49. The van der Waals surface area contributed by atoms with Gasteiger partial charge in [0, 0.05) is 0 Å². The van der Waals surface area contributed by atoms with Gasteiger partial charge >= 0.3 is 121 Å². The first kappa shape index (κ1) is 15.6. The molecule has 0 heterocycles. The Morgan fingerprint density at radius 3 is 2.68 bits per heavy atom. The van der Waals surface area contributed by atoms with Crippen molar-refractivity contribution in [1.82, 2.24) is 5.32 Å². The molecule has 0 aliphatic heterocycles. The summed E-state index contributed by atoms with van der Waals surface area (Å²) in [5.74, 6) is 0.279. The number of hydrogen-bond donors (Lipinski definition) is 1. The van der Waals surface area contributed by atoms with Gasteiger partial charge < -0.3 is 0 Å². The SMILES string of the molecule is CC(C)C(CN=C=[Se])NC(=O)OCc1ccccc1. The van der Waals surface area contributed by atoms with E-state index in [0.29, 0.717) is 6.54 Å². The molecule has 1 unspecified atom stereocenters. The predicted octanol–water partition coefficient (Wildman–Crippen LogP) is 2.01. The van der Waals surface area contributed by atoms with E-state index in [1.807, 2.05) is 44.2 Å². The van der Waals surface area contributed by atoms with E-state index in [1.54, 1.807) is 0 Å². The number of nitrogens with one attached hydrogen (secondary N) is 1. The molecule has 0 radical (unpaired) electrons. The third kappa shape index (κ3) is 6.35. The third-order valence-corrected chi connectivity index (χ3v) is 2.94. The second kappa shape index (κ2) is 8.65. The molecule has 1 amide bonds. The number of aliphatic imine (C=N–C) groups is 1. The van der Waals surface area contributed by atoms with Crippen molar-refractivity contribution < 1.29 is 9.53 Å². The maximum absolute atomic E-state index is 11.7. The normalized spacial score (nSPS) is 11.5. The molecule has 5 heteroatoms. The number of alkyl carbamates (subject to hydrolysis) is 1. The van der Waals surface area contributed by atoms with Crippen LogP contribution in [0.15, 0.2) is 35.3 Å². The fourth-order valence-corrected chi connectivity index (χ4v) is 1.63. The van der Waals surface area contributed by atoms with Crippen molar-refractivity contribution in [3.05, 3.63) is 35.9 Å². The fourth-order valence-electron chi connectivity index (χ4n) is 1.47. The molecule has 4 nitrogen and oxygen atoms in total. The molecule has 0 aliphatic carbocycles. The van der Waals surface area contributed by atoms with Gasteiger partial charge in [-0.3, -0.25) is 0 Å². The predicted molar refractivity (Wildman–Crippen MR) is 76.4 cm³/mol. The van der Waals surface area contributed by atoms with Crippen LogP contribution in [0.1, 0.15) is 19.4 Å². The summed E-state index contributed by atoms with van der Waals surface area (Å²) in [5.41, 5.74) is 0.966. The summed E-state index contributed by atoms with van der Waals surface area (Å²) in [6.45, 7) is 4.81. The van der Waals surface area contributed by atoms with Crippen molar-refractivity contribution >= 4 is 26.4 Å². The van der Waals surface area contributed by atoms with Crippen LogP contribution in [0, 0.1) is 5.92 Å². The van der Waals surface area contributed by atoms with Gasteiger partial charge in [-0.25, -0.2) is 0 Å². The molecule has 1 aromatic rings. The van der Waals surface area contributed by atoms with E-state index in [2.05, 4.69) is 30.6 Å². The van der Waals surface area contributed by atoms with Crippen LogP contribution in [0.5, 0.6) is 0 Å². The van der Waals surface area contributed by atoms with E-state index < -0.39 is 6.09 Å². The Balaban J connectivity index is 2.42. The van der Waals surface area contributed by atoms with E-state index in [0.717, 1.165) is 5.56 Å². The van der Waals surface area contributed by atoms with Crippen LogP contribution >= 0.6 is 0 Å². The Labute approximate surface area is 121 Å². The quantitative estimate of drug-likeness (QED) is 0.642. The average molecular weight is 325 g/mol. The van der Waals surface area contributed by atoms with Crippen molar-refractivity contribution in [2.75, 3.05) is 6.54 Å². The van der Waals surface area contributed by atoms with Gasteiger partial charge in [-0.05, 0) is 0 Å². The summed E-state index contributed by atoms with van der Waals surface area (Å²) in [7, 11) is 0. The molecule has 102 valence electrons. The molecule has 19 heavy (non-hydrogen) atoms. The van der Waals surface area contributed by atoms with Gasteiger partial charge in [-0.1, -0.05) is 0 Å². The summed E-state index contributed by atoms with van der Waals surface area (Å²) in [4.78, 5) is 15.7. The maximum atomic E-state index is 11.7. The van der Waals surface area contributed by atoms with Crippen molar-refractivity contribution in [2.45, 2.75) is 26.5 Å². The fraction of sp³-hybridized carbons (Fsp3) is 0.429. The number of carbonyl (C=O) groups excluding carboxylic acids is 1. The number of hydrogen-bond acceptors (Lipinski definition) is 3. The first-order valence-corrected chi connectivity index (χ1v) is 7.00. The van der Waals surface area contributed by atoms with Crippen molar-refractivity contribution in [2.24, 2.45) is 10.9 Å². The first-order chi connectivity index (χ1) is 9.13. The summed E-state index contributed by atoms with van der Waals surface area (Å²) < 4.78 is 7.76. The van der Waals surface area contributed by atoms with Crippen LogP contribution in [0.4, 0.5) is 4.79 Å². The zero-order valence-electron chi connectivity index (χ0n) is 11.1. The number of ether oxygens (including phenoxy) is 1. The molecule has 0 bridgehead atoms. The summed E-state index contributed by atoms with van der Waals surface area (Å²) in [5, 5.41) is 2.81. The van der Waals surface area contributed by atoms with Crippen LogP contribution < -0.4 is 5.32 Å². The van der Waals surface area contributed by atoms with Crippen molar-refractivity contribution in [3.8, 4) is 0 Å². The van der Waals surface area contributed by atoms with E-state index in [1.165, 1.54) is 0 Å². The Bertz CT molecular complexity index is 442. The Morgan fingerprint density at radius 2 is 2.11 bits per heavy atom. The van der Waals surface area contributed by atoms with Crippen LogP contribution in [0.2, 0.25) is 0 Å². The summed E-state index contributed by atoms with van der Waals surface area (Å²) in [6, 6.07) is 9.53. The third-order valence-electron chi connectivity index (χ3n) is 2.67. The summed E-state index contributed by atoms with van der Waals surface area (Å²) >= 11 is 2.58. The van der Waals surface area contributed by atoms with Gasteiger partial charge in [0.25, 0.3) is 0 Å². The van der Waals surface area contributed by atoms with Gasteiger partial charge in [0.2, 0.25) is 0 Å². The Morgan fingerprint density at radius 1 is 1.42 bits per heavy atom. The number of amides is 1. The van der Waals surface area contributed by atoms with Gasteiger partial charge in [-0.2, -0.15) is 0 Å². The van der Waals surface area contributed by atoms with Crippen molar-refractivity contribution in [1.29, 1.82) is 0 Å². The monoisotopic (exact) mass is 326 g/mol. The van der Waals surface area contributed by atoms with Crippen LogP contribution in [0.3, 0.4) is 0 Å². The van der Waals surface area contributed by atoms with Crippen LogP contribution in [-0.4, -0.2) is 39.0 Å². The molecule has 1 aromatic carbocycles. The zero-order chi connectivity index (χ0) is 14.1. The van der Waals surface area contributed by atoms with Gasteiger partial charge in [0.05, 0.1) is 0 Å². The molecule has 0 fully saturated rings. The van der Waals surface area contributed by atoms with E-state index in [9.17, 15) is 4.79 Å². The zero-order valence-corrected chi connectivity index (χ0v) is 12.8. The Hall–Kier alpha value is -1.41. The number of nitrogens with zero attached hydrogens (tertiary/aromatic N) is 1. The molecule has 0 saturated heterocycles. The average Bonchev–Trinajstić information content (AvgIpc) is 2.42. The number of rotatable bonds is 6. The molecule has 1 rings (SSSR count). The number of carbonyl (C=O) groups is 1.